The highest BCUT2D eigenvalue weighted by Gasteiger charge is 2.49. The number of hydrogen-bond acceptors (Lipinski definition) is 8. The van der Waals surface area contributed by atoms with E-state index in [4.69, 9.17) is 9.47 Å². The number of fused-ring (bicyclic) bond motifs is 3. The monoisotopic (exact) mass is 529 g/mol. The molecule has 0 radical (unpaired) electrons. The smallest absolute Gasteiger partial charge is 0.493 e. The molecule has 3 aromatic rings. The van der Waals surface area contributed by atoms with Crippen molar-refractivity contribution in [2.45, 2.75) is 24.9 Å². The van der Waals surface area contributed by atoms with Crippen molar-refractivity contribution in [1.82, 2.24) is 4.57 Å². The molecule has 2 aromatic heterocycles. The molecular weight excluding hydrogens is 511 g/mol. The van der Waals surface area contributed by atoms with Crippen LogP contribution in [0, 0.1) is 0 Å². The number of halogens is 3. The lowest BCUT2D eigenvalue weighted by molar-refractivity contribution is -0.0500. The first-order valence-electron chi connectivity index (χ1n) is 10.2. The fourth-order valence-corrected chi connectivity index (χ4v) is 5.10. The third kappa shape index (κ3) is 4.52. The number of thiophene rings is 1. The summed E-state index contributed by atoms with van der Waals surface area (Å²) in [5.74, 6) is -1.69. The van der Waals surface area contributed by atoms with Crippen LogP contribution in [0.3, 0.4) is 0 Å². The normalized spacial score (nSPS) is 15.2. The van der Waals surface area contributed by atoms with Gasteiger partial charge in [0.1, 0.15) is 5.56 Å². The Morgan fingerprint density at radius 2 is 1.97 bits per heavy atom. The SMILES string of the molecule is CCOC(=O)c1cn2c(cc1=O)-c1cc(OC)c(OS(=O)(=O)C(F)(F)F)cc1CC2c1cccs1. The largest absolute Gasteiger partial charge is 0.534 e. The molecule has 0 spiro atoms. The van der Waals surface area contributed by atoms with Gasteiger partial charge >= 0.3 is 21.6 Å². The molecule has 8 nitrogen and oxygen atoms in total. The van der Waals surface area contributed by atoms with Crippen LogP contribution in [-0.4, -0.2) is 38.2 Å². The van der Waals surface area contributed by atoms with Crippen molar-refractivity contribution in [1.29, 1.82) is 0 Å². The Kier molecular flexibility index (Phi) is 6.40. The van der Waals surface area contributed by atoms with Crippen molar-refractivity contribution in [2.24, 2.45) is 0 Å². The molecule has 0 aliphatic carbocycles. The molecule has 4 rings (SSSR count). The van der Waals surface area contributed by atoms with Gasteiger partial charge in [-0.05, 0) is 42.5 Å². The van der Waals surface area contributed by atoms with E-state index in [1.54, 1.807) is 11.5 Å². The fourth-order valence-electron chi connectivity index (χ4n) is 3.81. The lowest BCUT2D eigenvalue weighted by Gasteiger charge is -2.31. The molecule has 186 valence electrons. The minimum absolute atomic E-state index is 0.0814. The molecule has 1 aromatic carbocycles. The number of rotatable bonds is 6. The highest BCUT2D eigenvalue weighted by Crippen LogP contribution is 2.44. The number of alkyl halides is 3. The second-order valence-electron chi connectivity index (χ2n) is 7.44. The Labute approximate surface area is 201 Å². The summed E-state index contributed by atoms with van der Waals surface area (Å²) in [6.07, 6.45) is 1.61. The number of methoxy groups -OCH3 is 1. The number of nitrogens with zero attached hydrogens (tertiary/aromatic N) is 1. The van der Waals surface area contributed by atoms with E-state index in [9.17, 15) is 31.2 Å². The van der Waals surface area contributed by atoms with Gasteiger partial charge in [-0.2, -0.15) is 21.6 Å². The molecule has 35 heavy (non-hydrogen) atoms. The maximum absolute atomic E-state index is 12.9. The van der Waals surface area contributed by atoms with Gasteiger partial charge in [0.25, 0.3) is 0 Å². The second kappa shape index (κ2) is 9.04. The molecule has 0 saturated heterocycles. The molecule has 13 heteroatoms. The number of benzene rings is 1. The van der Waals surface area contributed by atoms with Crippen molar-refractivity contribution in [2.75, 3.05) is 13.7 Å². The maximum atomic E-state index is 12.9. The van der Waals surface area contributed by atoms with Crippen LogP contribution in [0.15, 0.2) is 46.7 Å². The zero-order valence-electron chi connectivity index (χ0n) is 18.3. The van der Waals surface area contributed by atoms with Gasteiger partial charge in [0, 0.05) is 22.7 Å². The summed E-state index contributed by atoms with van der Waals surface area (Å²) in [6.45, 7) is 1.70. The van der Waals surface area contributed by atoms with Crippen molar-refractivity contribution in [3.8, 4) is 22.8 Å². The molecule has 1 aliphatic rings. The van der Waals surface area contributed by atoms with E-state index in [1.807, 2.05) is 17.5 Å². The number of ether oxygens (including phenoxy) is 2. The van der Waals surface area contributed by atoms with Crippen LogP contribution in [0.1, 0.15) is 33.8 Å². The summed E-state index contributed by atoms with van der Waals surface area (Å²) in [6, 6.07) is 6.90. The summed E-state index contributed by atoms with van der Waals surface area (Å²) in [4.78, 5) is 25.9. The molecule has 0 fully saturated rings. The highest BCUT2D eigenvalue weighted by molar-refractivity contribution is 7.88. The first-order chi connectivity index (χ1) is 16.5. The quantitative estimate of drug-likeness (QED) is 0.269. The van der Waals surface area contributed by atoms with Crippen molar-refractivity contribution >= 4 is 27.4 Å². The minimum Gasteiger partial charge on any atom is -0.493 e. The van der Waals surface area contributed by atoms with E-state index in [2.05, 4.69) is 4.18 Å². The minimum atomic E-state index is -5.94. The van der Waals surface area contributed by atoms with Crippen LogP contribution in [0.5, 0.6) is 11.5 Å². The summed E-state index contributed by atoms with van der Waals surface area (Å²) in [7, 11) is -4.80. The zero-order chi connectivity index (χ0) is 25.5. The van der Waals surface area contributed by atoms with Crippen LogP contribution in [0.4, 0.5) is 13.2 Å². The molecule has 0 N–H and O–H groups in total. The van der Waals surface area contributed by atoms with Gasteiger partial charge in [-0.1, -0.05) is 6.07 Å². The molecule has 1 aliphatic heterocycles. The third-order valence-corrected chi connectivity index (χ3v) is 7.28. The predicted octanol–water partition coefficient (Wildman–Crippen LogP) is 4.14. The van der Waals surface area contributed by atoms with Crippen LogP contribution < -0.4 is 14.3 Å². The number of hydrogen-bond donors (Lipinski definition) is 0. The van der Waals surface area contributed by atoms with Gasteiger partial charge in [-0.25, -0.2) is 4.79 Å². The molecule has 0 bridgehead atoms. The zero-order valence-corrected chi connectivity index (χ0v) is 19.9. The maximum Gasteiger partial charge on any atom is 0.534 e. The standard InChI is InChI=1S/C22H18F3NO7S2/c1-3-32-21(28)14-11-26-15(10-17(14)27)13-9-18(31-2)19(33-35(29,30)22(23,24)25)8-12(13)7-16(26)20-5-4-6-34-20/h4-6,8-11,16H,3,7H2,1-2H3. The Morgan fingerprint density at radius 1 is 1.23 bits per heavy atom. The summed E-state index contributed by atoms with van der Waals surface area (Å²) in [5.41, 5.74) is -5.18. The van der Waals surface area contributed by atoms with E-state index in [-0.39, 0.29) is 24.3 Å². The van der Waals surface area contributed by atoms with Crippen LogP contribution in [0.2, 0.25) is 0 Å². The van der Waals surface area contributed by atoms with Gasteiger partial charge in [-0.15, -0.1) is 11.3 Å². The lowest BCUT2D eigenvalue weighted by atomic mass is 9.91. The van der Waals surface area contributed by atoms with Crippen LogP contribution in [-0.2, 0) is 21.3 Å². The molecule has 1 unspecified atom stereocenters. The van der Waals surface area contributed by atoms with Crippen LogP contribution >= 0.6 is 11.3 Å². The van der Waals surface area contributed by atoms with E-state index in [0.717, 1.165) is 18.1 Å². The van der Waals surface area contributed by atoms with Gasteiger partial charge in [0.2, 0.25) is 0 Å². The number of aromatic nitrogens is 1. The number of pyridine rings is 1. The average Bonchev–Trinajstić information content (AvgIpc) is 3.31. The van der Waals surface area contributed by atoms with Gasteiger partial charge in [0.15, 0.2) is 16.9 Å². The molecule has 0 amide bonds. The number of esters is 1. The van der Waals surface area contributed by atoms with E-state index >= 15 is 0 Å². The van der Waals surface area contributed by atoms with Gasteiger partial charge in [0.05, 0.1) is 25.5 Å². The van der Waals surface area contributed by atoms with E-state index < -0.39 is 38.8 Å². The second-order valence-corrected chi connectivity index (χ2v) is 9.96. The van der Waals surface area contributed by atoms with E-state index in [0.29, 0.717) is 16.8 Å². The Hall–Kier alpha value is -3.32. The molecular formula is C22H18F3NO7S2. The number of carbonyl (C=O) groups excluding carboxylic acids is 1. The molecule has 0 saturated carbocycles. The number of carbonyl (C=O) groups is 1. The summed E-state index contributed by atoms with van der Waals surface area (Å²) in [5, 5.41) is 1.83. The predicted molar refractivity (Wildman–Crippen MR) is 120 cm³/mol. The topological polar surface area (TPSA) is 101 Å². The molecule has 3 heterocycles. The van der Waals surface area contributed by atoms with Gasteiger partial charge < -0.3 is 18.2 Å². The molecule has 1 atom stereocenters. The van der Waals surface area contributed by atoms with Crippen molar-refractivity contribution < 1.29 is 40.0 Å². The summed E-state index contributed by atoms with van der Waals surface area (Å²) < 4.78 is 78.1. The first-order valence-corrected chi connectivity index (χ1v) is 12.4. The lowest BCUT2D eigenvalue weighted by Crippen LogP contribution is -2.29. The highest BCUT2D eigenvalue weighted by atomic mass is 32.2. The van der Waals surface area contributed by atoms with Crippen molar-refractivity contribution in [3.63, 3.8) is 0 Å². The fraction of sp³-hybridized carbons (Fsp3) is 0.273. The first kappa shape index (κ1) is 24.8. The third-order valence-electron chi connectivity index (χ3n) is 5.34. The Morgan fingerprint density at radius 3 is 2.57 bits per heavy atom. The van der Waals surface area contributed by atoms with Gasteiger partial charge in [-0.3, -0.25) is 4.79 Å². The Bertz CT molecular complexity index is 1440. The summed E-state index contributed by atoms with van der Waals surface area (Å²) >= 11 is 1.41. The Balaban J connectivity index is 1.92. The van der Waals surface area contributed by atoms with E-state index in [1.165, 1.54) is 29.7 Å². The van der Waals surface area contributed by atoms with Crippen molar-refractivity contribution in [3.05, 3.63) is 68.1 Å². The average molecular weight is 530 g/mol. The van der Waals surface area contributed by atoms with Crippen LogP contribution in [0.25, 0.3) is 11.3 Å².